The molecule has 1 aromatic carbocycles. The summed E-state index contributed by atoms with van der Waals surface area (Å²) in [5, 5.41) is 12.6. The molecule has 0 unspecified atom stereocenters. The summed E-state index contributed by atoms with van der Waals surface area (Å²) in [4.78, 5) is 9.30. The number of benzene rings is 1. The fourth-order valence-electron chi connectivity index (χ4n) is 4.20. The summed E-state index contributed by atoms with van der Waals surface area (Å²) in [5.74, 6) is 2.00. The van der Waals surface area contributed by atoms with Crippen LogP contribution in [0.25, 0.3) is 10.9 Å². The van der Waals surface area contributed by atoms with Crippen LogP contribution in [0.5, 0.6) is 0 Å². The van der Waals surface area contributed by atoms with Gasteiger partial charge in [0, 0.05) is 55.6 Å². The number of anilines is 3. The van der Waals surface area contributed by atoms with Gasteiger partial charge in [0.15, 0.2) is 5.82 Å². The number of nitrogens with zero attached hydrogens (tertiary/aromatic N) is 4. The van der Waals surface area contributed by atoms with Crippen molar-refractivity contribution in [2.45, 2.75) is 18.9 Å². The Morgan fingerprint density at radius 1 is 1.07 bits per heavy atom. The predicted octanol–water partition coefficient (Wildman–Crippen LogP) is 2.88. The normalized spacial score (nSPS) is 20.5. The maximum atomic E-state index is 5.46. The van der Waals surface area contributed by atoms with E-state index < -0.39 is 0 Å². The van der Waals surface area contributed by atoms with Gasteiger partial charge < -0.3 is 19.9 Å². The van der Waals surface area contributed by atoms with Gasteiger partial charge in [-0.2, -0.15) is 5.10 Å². The third-order valence-corrected chi connectivity index (χ3v) is 5.64. The highest BCUT2D eigenvalue weighted by molar-refractivity contribution is 5.90. The lowest BCUT2D eigenvalue weighted by Gasteiger charge is -2.34. The van der Waals surface area contributed by atoms with Crippen molar-refractivity contribution in [3.8, 4) is 0 Å². The summed E-state index contributed by atoms with van der Waals surface area (Å²) < 4.78 is 5.46. The van der Waals surface area contributed by atoms with E-state index in [9.17, 15) is 0 Å². The van der Waals surface area contributed by atoms with E-state index in [0.717, 1.165) is 69.4 Å². The molecule has 3 aromatic rings. The molecule has 5 rings (SSSR count). The van der Waals surface area contributed by atoms with E-state index in [4.69, 9.17) is 4.74 Å². The van der Waals surface area contributed by atoms with E-state index in [2.05, 4.69) is 60.6 Å². The minimum atomic E-state index is 0.358. The number of hydrogen-bond donors (Lipinski definition) is 2. The SMILES string of the molecule is c1ccc2c(N3CCC[C@@H](Nc4cc(N5CCOCC5)ccn4)C3)n[nH]c2c1. The molecule has 4 heterocycles. The molecule has 0 spiro atoms. The van der Waals surface area contributed by atoms with Crippen LogP contribution in [0.1, 0.15) is 12.8 Å². The Balaban J connectivity index is 1.29. The Morgan fingerprint density at radius 3 is 2.89 bits per heavy atom. The van der Waals surface area contributed by atoms with Crippen LogP contribution in [0.15, 0.2) is 42.6 Å². The van der Waals surface area contributed by atoms with Crippen molar-refractivity contribution in [1.29, 1.82) is 0 Å². The Bertz CT molecular complexity index is 935. The molecule has 2 N–H and O–H groups in total. The number of rotatable bonds is 4. The monoisotopic (exact) mass is 378 g/mol. The van der Waals surface area contributed by atoms with Crippen LogP contribution >= 0.6 is 0 Å². The van der Waals surface area contributed by atoms with Crippen LogP contribution in [0.2, 0.25) is 0 Å². The summed E-state index contributed by atoms with van der Waals surface area (Å²) in [6, 6.07) is 12.9. The van der Waals surface area contributed by atoms with E-state index >= 15 is 0 Å². The minimum absolute atomic E-state index is 0.358. The van der Waals surface area contributed by atoms with Crippen molar-refractivity contribution >= 4 is 28.2 Å². The summed E-state index contributed by atoms with van der Waals surface area (Å²) >= 11 is 0. The van der Waals surface area contributed by atoms with E-state index in [-0.39, 0.29) is 0 Å². The molecule has 0 aliphatic carbocycles. The quantitative estimate of drug-likeness (QED) is 0.728. The van der Waals surface area contributed by atoms with Gasteiger partial charge in [-0.1, -0.05) is 12.1 Å². The zero-order valence-corrected chi connectivity index (χ0v) is 16.0. The van der Waals surface area contributed by atoms with Gasteiger partial charge in [-0.25, -0.2) is 4.98 Å². The molecule has 0 bridgehead atoms. The number of para-hydroxylation sites is 1. The zero-order valence-electron chi connectivity index (χ0n) is 16.0. The topological polar surface area (TPSA) is 69.3 Å². The molecule has 2 saturated heterocycles. The molecule has 28 heavy (non-hydrogen) atoms. The van der Waals surface area contributed by atoms with Crippen molar-refractivity contribution in [2.75, 3.05) is 54.5 Å². The first-order valence-corrected chi connectivity index (χ1v) is 10.1. The summed E-state index contributed by atoms with van der Waals surface area (Å²) in [5.41, 5.74) is 2.30. The molecule has 7 nitrogen and oxygen atoms in total. The second kappa shape index (κ2) is 7.67. The first-order chi connectivity index (χ1) is 13.9. The number of aromatic nitrogens is 3. The minimum Gasteiger partial charge on any atom is -0.378 e. The molecule has 7 heteroatoms. The molecule has 0 radical (unpaired) electrons. The first kappa shape index (κ1) is 17.3. The molecule has 2 aliphatic heterocycles. The number of piperidine rings is 1. The Kier molecular flexibility index (Phi) is 4.74. The predicted molar refractivity (Wildman–Crippen MR) is 112 cm³/mol. The lowest BCUT2D eigenvalue weighted by molar-refractivity contribution is 0.122. The van der Waals surface area contributed by atoms with Crippen molar-refractivity contribution in [1.82, 2.24) is 15.2 Å². The maximum Gasteiger partial charge on any atom is 0.158 e. The number of morpholine rings is 1. The van der Waals surface area contributed by atoms with Gasteiger partial charge in [0.05, 0.1) is 18.7 Å². The van der Waals surface area contributed by atoms with E-state index in [0.29, 0.717) is 6.04 Å². The van der Waals surface area contributed by atoms with Crippen molar-refractivity contribution in [2.24, 2.45) is 0 Å². The molecule has 146 valence electrons. The lowest BCUT2D eigenvalue weighted by Crippen LogP contribution is -2.42. The fourth-order valence-corrected chi connectivity index (χ4v) is 4.20. The number of aromatic amines is 1. The summed E-state index contributed by atoms with van der Waals surface area (Å²) in [6.07, 6.45) is 4.18. The lowest BCUT2D eigenvalue weighted by atomic mass is 10.1. The molecule has 2 fully saturated rings. The number of fused-ring (bicyclic) bond motifs is 1. The van der Waals surface area contributed by atoms with Crippen molar-refractivity contribution in [3.05, 3.63) is 42.6 Å². The van der Waals surface area contributed by atoms with Gasteiger partial charge in [0.2, 0.25) is 0 Å². The summed E-state index contributed by atoms with van der Waals surface area (Å²) in [6.45, 7) is 5.42. The molecular weight excluding hydrogens is 352 g/mol. The Hall–Kier alpha value is -2.80. The van der Waals surface area contributed by atoms with Crippen LogP contribution in [-0.4, -0.2) is 60.6 Å². The molecule has 2 aliphatic rings. The molecule has 1 atom stereocenters. The third kappa shape index (κ3) is 3.49. The molecular formula is C21H26N6O. The van der Waals surface area contributed by atoms with E-state index in [1.165, 1.54) is 11.1 Å². The van der Waals surface area contributed by atoms with Crippen LogP contribution < -0.4 is 15.1 Å². The van der Waals surface area contributed by atoms with Crippen LogP contribution in [-0.2, 0) is 4.74 Å². The smallest absolute Gasteiger partial charge is 0.158 e. The largest absolute Gasteiger partial charge is 0.378 e. The highest BCUT2D eigenvalue weighted by Gasteiger charge is 2.23. The Labute approximate surface area is 164 Å². The zero-order chi connectivity index (χ0) is 18.8. The van der Waals surface area contributed by atoms with Gasteiger partial charge in [0.25, 0.3) is 0 Å². The molecule has 0 amide bonds. The summed E-state index contributed by atoms with van der Waals surface area (Å²) in [7, 11) is 0. The van der Waals surface area contributed by atoms with E-state index in [1.54, 1.807) is 0 Å². The number of nitrogens with one attached hydrogen (secondary N) is 2. The number of pyridine rings is 1. The van der Waals surface area contributed by atoms with Crippen LogP contribution in [0.4, 0.5) is 17.3 Å². The van der Waals surface area contributed by atoms with Crippen LogP contribution in [0, 0.1) is 0 Å². The van der Waals surface area contributed by atoms with Gasteiger partial charge >= 0.3 is 0 Å². The van der Waals surface area contributed by atoms with Crippen LogP contribution in [0.3, 0.4) is 0 Å². The molecule has 2 aromatic heterocycles. The number of ether oxygens (including phenoxy) is 1. The molecule has 0 saturated carbocycles. The second-order valence-electron chi connectivity index (χ2n) is 7.52. The van der Waals surface area contributed by atoms with E-state index in [1.807, 2.05) is 12.3 Å². The highest BCUT2D eigenvalue weighted by atomic mass is 16.5. The van der Waals surface area contributed by atoms with Gasteiger partial charge in [0.1, 0.15) is 5.82 Å². The number of H-pyrrole nitrogens is 1. The average Bonchev–Trinajstić information content (AvgIpc) is 3.19. The average molecular weight is 378 g/mol. The van der Waals surface area contributed by atoms with Crippen molar-refractivity contribution < 1.29 is 4.74 Å². The second-order valence-corrected chi connectivity index (χ2v) is 7.52. The van der Waals surface area contributed by atoms with Gasteiger partial charge in [-0.3, -0.25) is 5.10 Å². The van der Waals surface area contributed by atoms with Crippen molar-refractivity contribution in [3.63, 3.8) is 0 Å². The van der Waals surface area contributed by atoms with Gasteiger partial charge in [-0.15, -0.1) is 0 Å². The standard InChI is InChI=1S/C21H26N6O/c1-2-6-19-18(5-1)21(25-24-19)27-9-3-4-16(15-27)23-20-14-17(7-8-22-20)26-10-12-28-13-11-26/h1-2,5-8,14,16H,3-4,9-13,15H2,(H,22,23)(H,24,25)/t16-/m1/s1. The number of hydrogen-bond acceptors (Lipinski definition) is 6. The maximum absolute atomic E-state index is 5.46. The van der Waals surface area contributed by atoms with Gasteiger partial charge in [-0.05, 0) is 31.0 Å². The highest BCUT2D eigenvalue weighted by Crippen LogP contribution is 2.27. The first-order valence-electron chi connectivity index (χ1n) is 10.1. The Morgan fingerprint density at radius 2 is 1.96 bits per heavy atom. The third-order valence-electron chi connectivity index (χ3n) is 5.64. The fraction of sp³-hybridized carbons (Fsp3) is 0.429.